The van der Waals surface area contributed by atoms with E-state index in [9.17, 15) is 5.26 Å². The van der Waals surface area contributed by atoms with Crippen LogP contribution in [0.2, 0.25) is 0 Å². The van der Waals surface area contributed by atoms with Crippen molar-refractivity contribution in [2.24, 2.45) is 0 Å². The first-order valence-corrected chi connectivity index (χ1v) is 19.0. The molecule has 8 aromatic carbocycles. The zero-order chi connectivity index (χ0) is 38.1. The minimum absolute atomic E-state index is 0.510. The zero-order valence-electron chi connectivity index (χ0n) is 30.9. The van der Waals surface area contributed by atoms with Crippen molar-refractivity contribution in [3.05, 3.63) is 212 Å². The van der Waals surface area contributed by atoms with Gasteiger partial charge in [0, 0.05) is 39.8 Å². The maximum atomic E-state index is 10.5. The van der Waals surface area contributed by atoms with Crippen LogP contribution < -0.4 is 4.90 Å². The molecule has 0 N–H and O–H groups in total. The first-order valence-electron chi connectivity index (χ1n) is 19.0. The van der Waals surface area contributed by atoms with Gasteiger partial charge in [-0.1, -0.05) is 140 Å². The van der Waals surface area contributed by atoms with Gasteiger partial charge >= 0.3 is 0 Å². The van der Waals surface area contributed by atoms with E-state index < -0.39 is 0 Å². The number of benzene rings is 8. The fourth-order valence-corrected chi connectivity index (χ4v) is 7.82. The highest BCUT2D eigenvalue weighted by atomic mass is 15.1. The van der Waals surface area contributed by atoms with E-state index in [-0.39, 0.29) is 0 Å². The van der Waals surface area contributed by atoms with Crippen LogP contribution in [0.1, 0.15) is 5.56 Å². The van der Waals surface area contributed by atoms with E-state index in [1.54, 1.807) is 6.20 Å². The summed E-state index contributed by atoms with van der Waals surface area (Å²) in [4.78, 5) is 12.1. The van der Waals surface area contributed by atoms with E-state index in [1.165, 1.54) is 32.7 Å². The van der Waals surface area contributed by atoms with Crippen LogP contribution >= 0.6 is 0 Å². The molecule has 266 valence electrons. The second-order valence-corrected chi connectivity index (χ2v) is 14.2. The Labute approximate surface area is 331 Å². The third-order valence-corrected chi connectivity index (χ3v) is 10.7. The van der Waals surface area contributed by atoms with Crippen molar-refractivity contribution in [1.82, 2.24) is 9.97 Å². The van der Waals surface area contributed by atoms with Crippen LogP contribution in [0.4, 0.5) is 17.1 Å². The monoisotopic (exact) mass is 726 g/mol. The van der Waals surface area contributed by atoms with Crippen LogP contribution in [0, 0.1) is 11.3 Å². The lowest BCUT2D eigenvalue weighted by atomic mass is 9.98. The number of hydrogen-bond donors (Lipinski definition) is 0. The third kappa shape index (κ3) is 6.34. The van der Waals surface area contributed by atoms with Gasteiger partial charge in [0.25, 0.3) is 0 Å². The molecule has 0 aliphatic carbocycles. The van der Waals surface area contributed by atoms with Crippen molar-refractivity contribution >= 4 is 49.5 Å². The van der Waals surface area contributed by atoms with Gasteiger partial charge in [-0.05, 0) is 104 Å². The topological polar surface area (TPSA) is 52.8 Å². The van der Waals surface area contributed by atoms with Crippen LogP contribution in [0.5, 0.6) is 0 Å². The molecule has 2 heterocycles. The van der Waals surface area contributed by atoms with Crippen molar-refractivity contribution in [3.63, 3.8) is 0 Å². The van der Waals surface area contributed by atoms with E-state index in [2.05, 4.69) is 174 Å². The second-order valence-electron chi connectivity index (χ2n) is 14.2. The first kappa shape index (κ1) is 33.7. The summed E-state index contributed by atoms with van der Waals surface area (Å²) in [6.07, 6.45) is 1.75. The molecule has 4 nitrogen and oxygen atoms in total. The minimum atomic E-state index is 0.510. The standard InChI is InChI=1S/C53H34N4/c54-35-50-49-15-8-32-55-53(49)52(40-11-2-1-3-12-40)56-51(50)41-24-30-48(31-25-41)57(46-26-20-38(21-27-46)44-18-16-36-9-4-6-13-42(36)33-44)47-28-22-39(23-29-47)45-19-17-37-10-5-7-14-43(37)34-45/h1-34H. The van der Waals surface area contributed by atoms with Crippen molar-refractivity contribution < 1.29 is 0 Å². The molecule has 0 amide bonds. The number of hydrogen-bond acceptors (Lipinski definition) is 4. The maximum absolute atomic E-state index is 10.5. The summed E-state index contributed by atoms with van der Waals surface area (Å²) in [7, 11) is 0. The lowest BCUT2D eigenvalue weighted by molar-refractivity contribution is 1.27. The molecule has 57 heavy (non-hydrogen) atoms. The predicted molar refractivity (Wildman–Crippen MR) is 236 cm³/mol. The first-order chi connectivity index (χ1) is 28.2. The van der Waals surface area contributed by atoms with Crippen molar-refractivity contribution in [3.8, 4) is 50.8 Å². The molecule has 10 rings (SSSR count). The largest absolute Gasteiger partial charge is 0.311 e. The van der Waals surface area contributed by atoms with E-state index in [0.717, 1.165) is 50.4 Å². The molecule has 0 saturated heterocycles. The van der Waals surface area contributed by atoms with Crippen LogP contribution in [0.25, 0.3) is 77.2 Å². The summed E-state index contributed by atoms with van der Waals surface area (Å²) in [5.41, 5.74) is 12.1. The smallest absolute Gasteiger partial charge is 0.102 e. The molecule has 2 aromatic heterocycles. The molecule has 0 aliphatic heterocycles. The summed E-state index contributed by atoms with van der Waals surface area (Å²) < 4.78 is 0. The van der Waals surface area contributed by atoms with Crippen molar-refractivity contribution in [2.75, 3.05) is 4.90 Å². The van der Waals surface area contributed by atoms with Gasteiger partial charge < -0.3 is 4.90 Å². The van der Waals surface area contributed by atoms with Gasteiger partial charge in [0.2, 0.25) is 0 Å². The van der Waals surface area contributed by atoms with E-state index in [0.29, 0.717) is 16.8 Å². The maximum Gasteiger partial charge on any atom is 0.102 e. The Hall–Kier alpha value is -7.87. The zero-order valence-corrected chi connectivity index (χ0v) is 30.9. The Morgan fingerprint density at radius 3 is 1.37 bits per heavy atom. The molecule has 4 heteroatoms. The second kappa shape index (κ2) is 14.4. The highest BCUT2D eigenvalue weighted by Gasteiger charge is 2.19. The molecule has 0 bridgehead atoms. The molecular formula is C53H34N4. The summed E-state index contributed by atoms with van der Waals surface area (Å²) >= 11 is 0. The Balaban J connectivity index is 1.06. The Morgan fingerprint density at radius 2 is 0.842 bits per heavy atom. The highest BCUT2D eigenvalue weighted by molar-refractivity contribution is 5.99. The van der Waals surface area contributed by atoms with Gasteiger partial charge in [-0.3, -0.25) is 4.98 Å². The number of fused-ring (bicyclic) bond motifs is 3. The van der Waals surface area contributed by atoms with Crippen LogP contribution in [0.3, 0.4) is 0 Å². The summed E-state index contributed by atoms with van der Waals surface area (Å²) in [5.74, 6) is 0. The van der Waals surface area contributed by atoms with Gasteiger partial charge in [-0.25, -0.2) is 4.98 Å². The summed E-state index contributed by atoms with van der Waals surface area (Å²) in [6, 6.07) is 72.4. The van der Waals surface area contributed by atoms with Crippen molar-refractivity contribution in [2.45, 2.75) is 0 Å². The number of aromatic nitrogens is 2. The molecule has 0 unspecified atom stereocenters. The van der Waals surface area contributed by atoms with Gasteiger partial charge in [-0.15, -0.1) is 0 Å². The molecule has 0 fully saturated rings. The molecule has 0 aliphatic rings. The fraction of sp³-hybridized carbons (Fsp3) is 0. The van der Waals surface area contributed by atoms with Gasteiger partial charge in [0.15, 0.2) is 0 Å². The number of rotatable bonds is 7. The molecule has 10 aromatic rings. The van der Waals surface area contributed by atoms with E-state index >= 15 is 0 Å². The normalized spacial score (nSPS) is 11.1. The van der Waals surface area contributed by atoms with E-state index in [4.69, 9.17) is 4.98 Å². The third-order valence-electron chi connectivity index (χ3n) is 10.7. The Morgan fingerprint density at radius 1 is 0.386 bits per heavy atom. The summed E-state index contributed by atoms with van der Waals surface area (Å²) in [6.45, 7) is 0. The van der Waals surface area contributed by atoms with Gasteiger partial charge in [0.1, 0.15) is 6.07 Å². The number of pyridine rings is 2. The predicted octanol–water partition coefficient (Wildman–Crippen LogP) is 13.9. The van der Waals surface area contributed by atoms with Gasteiger partial charge in [0.05, 0.1) is 22.5 Å². The fourth-order valence-electron chi connectivity index (χ4n) is 7.82. The van der Waals surface area contributed by atoms with Gasteiger partial charge in [-0.2, -0.15) is 5.26 Å². The lowest BCUT2D eigenvalue weighted by Crippen LogP contribution is -2.10. The lowest BCUT2D eigenvalue weighted by Gasteiger charge is -2.26. The Kier molecular flexibility index (Phi) is 8.52. The molecule has 0 spiro atoms. The number of anilines is 3. The average Bonchev–Trinajstić information content (AvgIpc) is 3.29. The SMILES string of the molecule is N#Cc1c(-c2ccc(N(c3ccc(-c4ccc5ccccc5c4)cc3)c3ccc(-c4ccc5ccccc5c4)cc3)cc2)nc(-c2ccccc2)c2ncccc12. The summed E-state index contributed by atoms with van der Waals surface area (Å²) in [5, 5.41) is 16.2. The molecule has 0 radical (unpaired) electrons. The quantitative estimate of drug-likeness (QED) is 0.164. The van der Waals surface area contributed by atoms with Crippen LogP contribution in [-0.2, 0) is 0 Å². The molecule has 0 atom stereocenters. The van der Waals surface area contributed by atoms with Crippen LogP contribution in [0.15, 0.2) is 206 Å². The number of nitriles is 1. The Bertz CT molecular complexity index is 2990. The number of nitrogens with zero attached hydrogens (tertiary/aromatic N) is 4. The average molecular weight is 727 g/mol. The molecule has 0 saturated carbocycles. The minimum Gasteiger partial charge on any atom is -0.311 e. The van der Waals surface area contributed by atoms with Crippen LogP contribution in [-0.4, -0.2) is 9.97 Å². The molecular weight excluding hydrogens is 693 g/mol. The van der Waals surface area contributed by atoms with E-state index in [1.807, 2.05) is 42.5 Å². The van der Waals surface area contributed by atoms with Crippen molar-refractivity contribution in [1.29, 1.82) is 5.26 Å². The highest BCUT2D eigenvalue weighted by Crippen LogP contribution is 2.40.